The van der Waals surface area contributed by atoms with Crippen molar-refractivity contribution in [2.75, 3.05) is 20.3 Å². The van der Waals surface area contributed by atoms with E-state index in [0.717, 1.165) is 19.8 Å². The molecule has 0 spiro atoms. The molecule has 0 bridgehead atoms. The van der Waals surface area contributed by atoms with E-state index in [2.05, 4.69) is 39.3 Å². The topological polar surface area (TPSA) is 12.5 Å². The lowest BCUT2D eigenvalue weighted by atomic mass is 10.1. The molecule has 0 unspecified atom stereocenters. The second kappa shape index (κ2) is 5.43. The van der Waals surface area contributed by atoms with Crippen LogP contribution in [0.15, 0.2) is 15.9 Å². The minimum Gasteiger partial charge on any atom is -0.381 e. The predicted molar refractivity (Wildman–Crippen MR) is 67.3 cm³/mol. The molecule has 84 valence electrons. The first-order valence-electron chi connectivity index (χ1n) is 5.27. The monoisotopic (exact) mass is 289 g/mol. The van der Waals surface area contributed by atoms with E-state index in [4.69, 9.17) is 4.74 Å². The molecule has 1 saturated heterocycles. The third-order valence-corrected chi connectivity index (χ3v) is 4.81. The van der Waals surface area contributed by atoms with Gasteiger partial charge in [-0.2, -0.15) is 0 Å². The van der Waals surface area contributed by atoms with Gasteiger partial charge in [0.15, 0.2) is 0 Å². The SMILES string of the molecule is CN(Cc1sccc1Br)C1CCOCC1. The van der Waals surface area contributed by atoms with Gasteiger partial charge in [0.05, 0.1) is 0 Å². The zero-order valence-corrected chi connectivity index (χ0v) is 11.3. The van der Waals surface area contributed by atoms with E-state index in [1.807, 2.05) is 11.3 Å². The van der Waals surface area contributed by atoms with Crippen LogP contribution >= 0.6 is 27.3 Å². The number of halogens is 1. The molecule has 2 heterocycles. The fraction of sp³-hybridized carbons (Fsp3) is 0.636. The third-order valence-electron chi connectivity index (χ3n) is 2.90. The molecule has 1 aromatic heterocycles. The van der Waals surface area contributed by atoms with Crippen LogP contribution < -0.4 is 0 Å². The molecule has 1 fully saturated rings. The highest BCUT2D eigenvalue weighted by Crippen LogP contribution is 2.25. The molecule has 0 N–H and O–H groups in total. The highest BCUT2D eigenvalue weighted by Gasteiger charge is 2.19. The van der Waals surface area contributed by atoms with Crippen molar-refractivity contribution in [1.82, 2.24) is 4.90 Å². The maximum Gasteiger partial charge on any atom is 0.0480 e. The molecule has 1 aromatic rings. The summed E-state index contributed by atoms with van der Waals surface area (Å²) in [6, 6.07) is 2.81. The Morgan fingerprint density at radius 1 is 1.53 bits per heavy atom. The quantitative estimate of drug-likeness (QED) is 0.848. The molecule has 2 rings (SSSR count). The number of hydrogen-bond acceptors (Lipinski definition) is 3. The van der Waals surface area contributed by atoms with Crippen LogP contribution in [0.25, 0.3) is 0 Å². The Morgan fingerprint density at radius 3 is 2.87 bits per heavy atom. The summed E-state index contributed by atoms with van der Waals surface area (Å²) in [6.45, 7) is 2.88. The summed E-state index contributed by atoms with van der Waals surface area (Å²) >= 11 is 5.40. The zero-order valence-electron chi connectivity index (χ0n) is 8.91. The first-order valence-corrected chi connectivity index (χ1v) is 6.94. The van der Waals surface area contributed by atoms with Gasteiger partial charge in [0, 0.05) is 35.2 Å². The van der Waals surface area contributed by atoms with Crippen LogP contribution in [0.4, 0.5) is 0 Å². The van der Waals surface area contributed by atoms with Crippen LogP contribution in [-0.2, 0) is 11.3 Å². The van der Waals surface area contributed by atoms with Gasteiger partial charge in [-0.3, -0.25) is 4.90 Å². The molecular formula is C11H16BrNOS. The maximum atomic E-state index is 5.38. The van der Waals surface area contributed by atoms with Gasteiger partial charge in [0.2, 0.25) is 0 Å². The second-order valence-corrected chi connectivity index (χ2v) is 5.81. The van der Waals surface area contributed by atoms with Gasteiger partial charge in [-0.05, 0) is 47.3 Å². The lowest BCUT2D eigenvalue weighted by Gasteiger charge is -2.30. The van der Waals surface area contributed by atoms with Gasteiger partial charge < -0.3 is 4.74 Å². The summed E-state index contributed by atoms with van der Waals surface area (Å²) in [5, 5.41) is 2.14. The Kier molecular flexibility index (Phi) is 4.20. The minimum atomic E-state index is 0.688. The number of thiophene rings is 1. The first-order chi connectivity index (χ1) is 7.27. The fourth-order valence-corrected chi connectivity index (χ4v) is 3.46. The molecule has 0 aromatic carbocycles. The van der Waals surface area contributed by atoms with Crippen molar-refractivity contribution in [1.29, 1.82) is 0 Å². The fourth-order valence-electron chi connectivity index (χ4n) is 1.92. The molecule has 0 amide bonds. The molecule has 0 atom stereocenters. The van der Waals surface area contributed by atoms with Crippen molar-refractivity contribution in [2.45, 2.75) is 25.4 Å². The lowest BCUT2D eigenvalue weighted by molar-refractivity contribution is 0.0409. The van der Waals surface area contributed by atoms with E-state index in [-0.39, 0.29) is 0 Å². The molecule has 1 aliphatic heterocycles. The van der Waals surface area contributed by atoms with Gasteiger partial charge in [0.25, 0.3) is 0 Å². The van der Waals surface area contributed by atoms with Gasteiger partial charge in [-0.15, -0.1) is 11.3 Å². The molecule has 0 radical (unpaired) electrons. The highest BCUT2D eigenvalue weighted by atomic mass is 79.9. The first kappa shape index (κ1) is 11.6. The third kappa shape index (κ3) is 3.03. The normalized spacial score (nSPS) is 18.6. The summed E-state index contributed by atoms with van der Waals surface area (Å²) < 4.78 is 6.62. The van der Waals surface area contributed by atoms with Gasteiger partial charge >= 0.3 is 0 Å². The summed E-state index contributed by atoms with van der Waals surface area (Å²) in [7, 11) is 2.21. The lowest BCUT2D eigenvalue weighted by Crippen LogP contribution is -2.36. The maximum absolute atomic E-state index is 5.38. The average molecular weight is 290 g/mol. The molecule has 1 aliphatic rings. The van der Waals surface area contributed by atoms with Gasteiger partial charge in [-0.25, -0.2) is 0 Å². The van der Waals surface area contributed by atoms with Gasteiger partial charge in [0.1, 0.15) is 0 Å². The molecule has 0 saturated carbocycles. The average Bonchev–Trinajstić information content (AvgIpc) is 2.66. The van der Waals surface area contributed by atoms with E-state index in [9.17, 15) is 0 Å². The van der Waals surface area contributed by atoms with E-state index in [0.29, 0.717) is 6.04 Å². The van der Waals surface area contributed by atoms with E-state index < -0.39 is 0 Å². The zero-order chi connectivity index (χ0) is 10.7. The van der Waals surface area contributed by atoms with Gasteiger partial charge in [-0.1, -0.05) is 0 Å². The molecule has 2 nitrogen and oxygen atoms in total. The van der Waals surface area contributed by atoms with Crippen molar-refractivity contribution in [3.05, 3.63) is 20.8 Å². The van der Waals surface area contributed by atoms with Crippen molar-refractivity contribution in [3.63, 3.8) is 0 Å². The highest BCUT2D eigenvalue weighted by molar-refractivity contribution is 9.10. The van der Waals surface area contributed by atoms with Crippen LogP contribution in [0.1, 0.15) is 17.7 Å². The largest absolute Gasteiger partial charge is 0.381 e. The van der Waals surface area contributed by atoms with Crippen LogP contribution in [0.5, 0.6) is 0 Å². The number of hydrogen-bond donors (Lipinski definition) is 0. The minimum absolute atomic E-state index is 0.688. The molecule has 4 heteroatoms. The van der Waals surface area contributed by atoms with E-state index >= 15 is 0 Å². The standard InChI is InChI=1S/C11H16BrNOS/c1-13(9-2-5-14-6-3-9)8-11-10(12)4-7-15-11/h4,7,9H,2-3,5-6,8H2,1H3. The van der Waals surface area contributed by atoms with Crippen molar-refractivity contribution in [3.8, 4) is 0 Å². The molecule has 0 aliphatic carbocycles. The number of nitrogens with zero attached hydrogens (tertiary/aromatic N) is 1. The summed E-state index contributed by atoms with van der Waals surface area (Å²) in [5.74, 6) is 0. The Bertz CT molecular complexity index is 309. The Labute approximate surface area is 103 Å². The number of ether oxygens (including phenoxy) is 1. The van der Waals surface area contributed by atoms with Crippen molar-refractivity contribution >= 4 is 27.3 Å². The Balaban J connectivity index is 1.91. The summed E-state index contributed by atoms with van der Waals surface area (Å²) in [6.07, 6.45) is 2.33. The second-order valence-electron chi connectivity index (χ2n) is 3.95. The Morgan fingerprint density at radius 2 is 2.27 bits per heavy atom. The summed E-state index contributed by atoms with van der Waals surface area (Å²) in [4.78, 5) is 3.86. The van der Waals surface area contributed by atoms with Crippen LogP contribution in [0.3, 0.4) is 0 Å². The predicted octanol–water partition coefficient (Wildman–Crippen LogP) is 3.12. The number of rotatable bonds is 3. The van der Waals surface area contributed by atoms with Crippen molar-refractivity contribution < 1.29 is 4.74 Å². The summed E-state index contributed by atoms with van der Waals surface area (Å²) in [5.41, 5.74) is 0. The van der Waals surface area contributed by atoms with Crippen molar-refractivity contribution in [2.24, 2.45) is 0 Å². The van der Waals surface area contributed by atoms with E-state index in [1.54, 1.807) is 0 Å². The van der Waals surface area contributed by atoms with Crippen LogP contribution in [0, 0.1) is 0 Å². The molecular weight excluding hydrogens is 274 g/mol. The smallest absolute Gasteiger partial charge is 0.0480 e. The van der Waals surface area contributed by atoms with Crippen LogP contribution in [0.2, 0.25) is 0 Å². The van der Waals surface area contributed by atoms with Crippen LogP contribution in [-0.4, -0.2) is 31.2 Å². The Hall–Kier alpha value is 0.1000. The molecule has 15 heavy (non-hydrogen) atoms. The van der Waals surface area contributed by atoms with E-state index in [1.165, 1.54) is 22.2 Å².